The predicted molar refractivity (Wildman–Crippen MR) is 103 cm³/mol. The summed E-state index contributed by atoms with van der Waals surface area (Å²) in [6, 6.07) is 10.4. The van der Waals surface area contributed by atoms with Crippen LogP contribution < -0.4 is 5.32 Å². The molecule has 4 fully saturated rings. The van der Waals surface area contributed by atoms with Crippen molar-refractivity contribution in [2.45, 2.75) is 63.8 Å². The molecule has 6 rings (SSSR count). The van der Waals surface area contributed by atoms with Crippen LogP contribution >= 0.6 is 0 Å². The molecule has 2 aromatic rings. The van der Waals surface area contributed by atoms with Crippen LogP contribution in [-0.2, 0) is 12.8 Å². The van der Waals surface area contributed by atoms with Crippen LogP contribution in [0.4, 0.5) is 0 Å². The van der Waals surface area contributed by atoms with Gasteiger partial charge in [0.05, 0.1) is 5.69 Å². The van der Waals surface area contributed by atoms with Gasteiger partial charge in [-0.3, -0.25) is 4.79 Å². The van der Waals surface area contributed by atoms with Gasteiger partial charge in [-0.15, -0.1) is 0 Å². The van der Waals surface area contributed by atoms with Crippen LogP contribution in [0, 0.1) is 24.7 Å². The number of hydrogen-bond acceptors (Lipinski definition) is 3. The zero-order valence-corrected chi connectivity index (χ0v) is 16.0. The Morgan fingerprint density at radius 1 is 1.07 bits per heavy atom. The molecule has 4 aliphatic carbocycles. The second-order valence-electron chi connectivity index (χ2n) is 9.21. The van der Waals surface area contributed by atoms with E-state index in [9.17, 15) is 4.79 Å². The molecule has 142 valence electrons. The number of rotatable bonds is 5. The van der Waals surface area contributed by atoms with Crippen molar-refractivity contribution in [3.8, 4) is 0 Å². The van der Waals surface area contributed by atoms with E-state index in [2.05, 4.69) is 34.7 Å². The summed E-state index contributed by atoms with van der Waals surface area (Å²) in [6.45, 7) is 1.94. The summed E-state index contributed by atoms with van der Waals surface area (Å²) in [5.41, 5.74) is 3.07. The standard InChI is InChI=1S/C23H28N2O2/c1-15-20(8-7-16-5-3-2-4-6-16)21(27-25-15)22(26)24-23-12-17-9-18(13-23)11-19(10-17)14-23/h2-6,17-19H,7-14H2,1H3,(H,24,26). The Morgan fingerprint density at radius 2 is 1.70 bits per heavy atom. The van der Waals surface area contributed by atoms with Crippen molar-refractivity contribution >= 4 is 5.91 Å². The maximum Gasteiger partial charge on any atom is 0.290 e. The third kappa shape index (κ3) is 3.19. The van der Waals surface area contributed by atoms with Crippen LogP contribution in [0.5, 0.6) is 0 Å². The van der Waals surface area contributed by atoms with E-state index in [0.717, 1.165) is 61.1 Å². The largest absolute Gasteiger partial charge is 0.350 e. The van der Waals surface area contributed by atoms with Gasteiger partial charge in [-0.05, 0) is 81.6 Å². The third-order valence-electron chi connectivity index (χ3n) is 7.11. The SMILES string of the molecule is Cc1noc(C(=O)NC23CC4CC(CC(C4)C2)C3)c1CCc1ccccc1. The van der Waals surface area contributed by atoms with Crippen LogP contribution in [-0.4, -0.2) is 16.6 Å². The molecule has 4 heteroatoms. The van der Waals surface area contributed by atoms with E-state index in [0.29, 0.717) is 5.76 Å². The number of hydrogen-bond donors (Lipinski definition) is 1. The Bertz CT molecular complexity index is 804. The summed E-state index contributed by atoms with van der Waals surface area (Å²) in [7, 11) is 0. The van der Waals surface area contributed by atoms with E-state index in [1.165, 1.54) is 24.8 Å². The average Bonchev–Trinajstić information content (AvgIpc) is 3.00. The number of nitrogens with one attached hydrogen (secondary N) is 1. The first kappa shape index (κ1) is 17.0. The molecular formula is C23H28N2O2. The number of benzene rings is 1. The fourth-order valence-electron chi connectivity index (χ4n) is 6.34. The summed E-state index contributed by atoms with van der Waals surface area (Å²) < 4.78 is 5.50. The van der Waals surface area contributed by atoms with Crippen molar-refractivity contribution in [2.75, 3.05) is 0 Å². The third-order valence-corrected chi connectivity index (χ3v) is 7.11. The van der Waals surface area contributed by atoms with E-state index in [-0.39, 0.29) is 11.4 Å². The van der Waals surface area contributed by atoms with E-state index in [1.807, 2.05) is 13.0 Å². The van der Waals surface area contributed by atoms with Gasteiger partial charge >= 0.3 is 0 Å². The minimum atomic E-state index is -0.0550. The first-order valence-electron chi connectivity index (χ1n) is 10.4. The number of amides is 1. The molecule has 0 unspecified atom stereocenters. The van der Waals surface area contributed by atoms with Gasteiger partial charge < -0.3 is 9.84 Å². The minimum absolute atomic E-state index is 0.00320. The molecule has 4 aliphatic rings. The molecule has 4 saturated carbocycles. The lowest BCUT2D eigenvalue weighted by Gasteiger charge is -2.56. The lowest BCUT2D eigenvalue weighted by Crippen LogP contribution is -2.59. The van der Waals surface area contributed by atoms with Gasteiger partial charge in [0.1, 0.15) is 0 Å². The number of aromatic nitrogens is 1. The van der Waals surface area contributed by atoms with Gasteiger partial charge in [-0.1, -0.05) is 35.5 Å². The molecule has 1 aromatic heterocycles. The van der Waals surface area contributed by atoms with Gasteiger partial charge in [-0.2, -0.15) is 0 Å². The highest BCUT2D eigenvalue weighted by molar-refractivity contribution is 5.93. The number of carbonyl (C=O) groups excluding carboxylic acids is 1. The highest BCUT2D eigenvalue weighted by Crippen LogP contribution is 2.55. The van der Waals surface area contributed by atoms with E-state index < -0.39 is 0 Å². The average molecular weight is 364 g/mol. The quantitative estimate of drug-likeness (QED) is 0.852. The van der Waals surface area contributed by atoms with Crippen LogP contribution in [0.15, 0.2) is 34.9 Å². The van der Waals surface area contributed by atoms with E-state index in [1.54, 1.807) is 0 Å². The molecule has 0 atom stereocenters. The van der Waals surface area contributed by atoms with Crippen LogP contribution in [0.25, 0.3) is 0 Å². The molecule has 4 bridgehead atoms. The molecule has 1 heterocycles. The monoisotopic (exact) mass is 364 g/mol. The smallest absolute Gasteiger partial charge is 0.290 e. The second-order valence-corrected chi connectivity index (χ2v) is 9.21. The Labute approximate surface area is 160 Å². The lowest BCUT2D eigenvalue weighted by atomic mass is 9.53. The zero-order valence-electron chi connectivity index (χ0n) is 16.0. The van der Waals surface area contributed by atoms with Gasteiger partial charge in [-0.25, -0.2) is 0 Å². The fourth-order valence-corrected chi connectivity index (χ4v) is 6.34. The zero-order chi connectivity index (χ0) is 18.4. The van der Waals surface area contributed by atoms with Gasteiger partial charge in [0, 0.05) is 11.1 Å². The molecule has 1 N–H and O–H groups in total. The number of aryl methyl sites for hydroxylation is 2. The predicted octanol–water partition coefficient (Wildman–Crippen LogP) is 4.47. The Balaban J connectivity index is 1.32. The van der Waals surface area contributed by atoms with Crippen LogP contribution in [0.3, 0.4) is 0 Å². The molecule has 1 amide bonds. The van der Waals surface area contributed by atoms with Gasteiger partial charge in [0.2, 0.25) is 5.76 Å². The summed E-state index contributed by atoms with van der Waals surface area (Å²) in [5.74, 6) is 2.81. The molecule has 4 nitrogen and oxygen atoms in total. The molecule has 0 spiro atoms. The normalized spacial score (nSPS) is 31.2. The first-order chi connectivity index (χ1) is 13.1. The molecule has 0 radical (unpaired) electrons. The number of nitrogens with zero attached hydrogens (tertiary/aromatic N) is 1. The van der Waals surface area contributed by atoms with Crippen LogP contribution in [0.1, 0.15) is 65.9 Å². The highest BCUT2D eigenvalue weighted by Gasteiger charge is 2.51. The summed E-state index contributed by atoms with van der Waals surface area (Å²) in [6.07, 6.45) is 9.24. The Kier molecular flexibility index (Phi) is 4.10. The van der Waals surface area contributed by atoms with Gasteiger partial charge in [0.15, 0.2) is 0 Å². The minimum Gasteiger partial charge on any atom is -0.350 e. The maximum atomic E-state index is 13.1. The Morgan fingerprint density at radius 3 is 2.33 bits per heavy atom. The van der Waals surface area contributed by atoms with Crippen LogP contribution in [0.2, 0.25) is 0 Å². The van der Waals surface area contributed by atoms with Crippen molar-refractivity contribution in [1.29, 1.82) is 0 Å². The molecule has 0 saturated heterocycles. The van der Waals surface area contributed by atoms with Crippen molar-refractivity contribution in [1.82, 2.24) is 10.5 Å². The second kappa shape index (κ2) is 6.50. The topological polar surface area (TPSA) is 55.1 Å². The number of carbonyl (C=O) groups is 1. The lowest BCUT2D eigenvalue weighted by molar-refractivity contribution is -0.0172. The molecule has 27 heavy (non-hydrogen) atoms. The molecular weight excluding hydrogens is 336 g/mol. The van der Waals surface area contributed by atoms with E-state index in [4.69, 9.17) is 4.52 Å². The Hall–Kier alpha value is -2.10. The van der Waals surface area contributed by atoms with Gasteiger partial charge in [0.25, 0.3) is 5.91 Å². The van der Waals surface area contributed by atoms with Crippen molar-refractivity contribution in [3.05, 3.63) is 52.9 Å². The fraction of sp³-hybridized carbons (Fsp3) is 0.565. The summed E-state index contributed by atoms with van der Waals surface area (Å²) in [4.78, 5) is 13.1. The van der Waals surface area contributed by atoms with Crippen molar-refractivity contribution in [3.63, 3.8) is 0 Å². The van der Waals surface area contributed by atoms with E-state index >= 15 is 0 Å². The molecule has 1 aromatic carbocycles. The summed E-state index contributed by atoms with van der Waals surface area (Å²) >= 11 is 0. The summed E-state index contributed by atoms with van der Waals surface area (Å²) in [5, 5.41) is 7.53. The highest BCUT2D eigenvalue weighted by atomic mass is 16.5. The van der Waals surface area contributed by atoms with Crippen molar-refractivity contribution < 1.29 is 9.32 Å². The first-order valence-corrected chi connectivity index (χ1v) is 10.4. The van der Waals surface area contributed by atoms with Crippen molar-refractivity contribution in [2.24, 2.45) is 17.8 Å². The molecule has 0 aliphatic heterocycles. The maximum absolute atomic E-state index is 13.1.